The number of pyridine rings is 1. The van der Waals surface area contributed by atoms with Crippen molar-refractivity contribution in [1.82, 2.24) is 14.8 Å². The molecule has 1 N–H and O–H groups in total. The van der Waals surface area contributed by atoms with Crippen molar-refractivity contribution in [1.29, 1.82) is 0 Å². The number of carbonyl (C=O) groups excluding carboxylic acids is 2. The largest absolute Gasteiger partial charge is 0.497 e. The van der Waals surface area contributed by atoms with Gasteiger partial charge in [-0.3, -0.25) is 19.5 Å². The van der Waals surface area contributed by atoms with Crippen LogP contribution >= 0.6 is 11.3 Å². The zero-order chi connectivity index (χ0) is 24.6. The van der Waals surface area contributed by atoms with Crippen molar-refractivity contribution in [2.45, 2.75) is 32.7 Å². The van der Waals surface area contributed by atoms with Crippen LogP contribution in [0.15, 0.2) is 60.8 Å². The molecule has 2 aromatic heterocycles. The Hall–Kier alpha value is -3.27. The SMILES string of the molecule is COc1cccc(COC2CN(Cc3ccc(NC(C)=O)s3)CC(=O)N(Cc3ccccn3)C2)c1. The van der Waals surface area contributed by atoms with Gasteiger partial charge in [-0.05, 0) is 42.0 Å². The summed E-state index contributed by atoms with van der Waals surface area (Å²) in [5, 5.41) is 3.62. The summed E-state index contributed by atoms with van der Waals surface area (Å²) in [5.41, 5.74) is 1.86. The first kappa shape index (κ1) is 24.8. The van der Waals surface area contributed by atoms with E-state index in [1.54, 1.807) is 13.3 Å². The highest BCUT2D eigenvalue weighted by molar-refractivity contribution is 7.16. The fourth-order valence-corrected chi connectivity index (χ4v) is 5.01. The number of nitrogens with one attached hydrogen (secondary N) is 1. The Kier molecular flexibility index (Phi) is 8.46. The molecule has 0 saturated carbocycles. The van der Waals surface area contributed by atoms with E-state index in [0.717, 1.165) is 26.9 Å². The molecule has 2 amide bonds. The number of hydrogen-bond donors (Lipinski definition) is 1. The Labute approximate surface area is 209 Å². The Balaban J connectivity index is 1.47. The predicted molar refractivity (Wildman–Crippen MR) is 135 cm³/mol. The summed E-state index contributed by atoms with van der Waals surface area (Å²) in [6.07, 6.45) is 1.57. The van der Waals surface area contributed by atoms with Crippen LogP contribution in [0.3, 0.4) is 0 Å². The summed E-state index contributed by atoms with van der Waals surface area (Å²) in [6.45, 7) is 4.35. The first-order chi connectivity index (χ1) is 17.0. The van der Waals surface area contributed by atoms with Crippen LogP contribution in [-0.4, -0.2) is 59.4 Å². The zero-order valence-electron chi connectivity index (χ0n) is 20.0. The molecule has 0 spiro atoms. The molecular weight excluding hydrogens is 464 g/mol. The highest BCUT2D eigenvalue weighted by atomic mass is 32.1. The predicted octanol–water partition coefficient (Wildman–Crippen LogP) is 3.54. The van der Waals surface area contributed by atoms with Gasteiger partial charge in [0, 0.05) is 37.6 Å². The smallest absolute Gasteiger partial charge is 0.237 e. The van der Waals surface area contributed by atoms with Crippen LogP contribution in [0.4, 0.5) is 5.00 Å². The monoisotopic (exact) mass is 494 g/mol. The number of anilines is 1. The van der Waals surface area contributed by atoms with Gasteiger partial charge in [-0.1, -0.05) is 18.2 Å². The van der Waals surface area contributed by atoms with Gasteiger partial charge in [0.15, 0.2) is 0 Å². The summed E-state index contributed by atoms with van der Waals surface area (Å²) in [5.74, 6) is 0.731. The average Bonchev–Trinajstić information content (AvgIpc) is 3.22. The molecule has 1 aromatic carbocycles. The van der Waals surface area contributed by atoms with Crippen LogP contribution in [0.5, 0.6) is 5.75 Å². The second-order valence-corrected chi connectivity index (χ2v) is 9.66. The minimum atomic E-state index is -0.175. The van der Waals surface area contributed by atoms with Gasteiger partial charge in [-0.15, -0.1) is 11.3 Å². The van der Waals surface area contributed by atoms with Gasteiger partial charge < -0.3 is 19.7 Å². The molecule has 35 heavy (non-hydrogen) atoms. The number of nitrogens with zero attached hydrogens (tertiary/aromatic N) is 3. The fourth-order valence-electron chi connectivity index (χ4n) is 4.02. The molecule has 1 aliphatic rings. The lowest BCUT2D eigenvalue weighted by Gasteiger charge is -2.24. The highest BCUT2D eigenvalue weighted by Gasteiger charge is 2.29. The minimum absolute atomic E-state index is 0.0433. The van der Waals surface area contributed by atoms with Crippen molar-refractivity contribution in [3.63, 3.8) is 0 Å². The molecule has 1 aliphatic heterocycles. The number of thiophene rings is 1. The van der Waals surface area contributed by atoms with Crippen molar-refractivity contribution in [3.8, 4) is 5.75 Å². The number of ether oxygens (including phenoxy) is 2. The molecular formula is C26H30N4O4S. The van der Waals surface area contributed by atoms with E-state index >= 15 is 0 Å². The summed E-state index contributed by atoms with van der Waals surface area (Å²) >= 11 is 1.52. The van der Waals surface area contributed by atoms with Gasteiger partial charge in [0.25, 0.3) is 0 Å². The molecule has 0 radical (unpaired) electrons. The van der Waals surface area contributed by atoms with Gasteiger partial charge in [-0.25, -0.2) is 0 Å². The lowest BCUT2D eigenvalue weighted by molar-refractivity contribution is -0.132. The quantitative estimate of drug-likeness (QED) is 0.490. The van der Waals surface area contributed by atoms with Crippen molar-refractivity contribution in [2.24, 2.45) is 0 Å². The van der Waals surface area contributed by atoms with Gasteiger partial charge in [-0.2, -0.15) is 0 Å². The fraction of sp³-hybridized carbons (Fsp3) is 0.346. The van der Waals surface area contributed by atoms with Crippen LogP contribution in [-0.2, 0) is 34.0 Å². The molecule has 3 heterocycles. The van der Waals surface area contributed by atoms with Crippen LogP contribution < -0.4 is 10.1 Å². The van der Waals surface area contributed by atoms with Crippen molar-refractivity contribution < 1.29 is 19.1 Å². The third kappa shape index (κ3) is 7.35. The Morgan fingerprint density at radius 3 is 2.80 bits per heavy atom. The minimum Gasteiger partial charge on any atom is -0.497 e. The molecule has 1 atom stereocenters. The van der Waals surface area contributed by atoms with E-state index in [4.69, 9.17) is 9.47 Å². The van der Waals surface area contributed by atoms with Crippen LogP contribution in [0, 0.1) is 0 Å². The number of aromatic nitrogens is 1. The third-order valence-corrected chi connectivity index (χ3v) is 6.62. The summed E-state index contributed by atoms with van der Waals surface area (Å²) in [4.78, 5) is 34.0. The van der Waals surface area contributed by atoms with Crippen molar-refractivity contribution >= 4 is 28.2 Å². The molecule has 1 unspecified atom stereocenters. The van der Waals surface area contributed by atoms with Gasteiger partial charge in [0.2, 0.25) is 11.8 Å². The second kappa shape index (κ2) is 11.9. The molecule has 1 saturated heterocycles. The maximum absolute atomic E-state index is 13.2. The maximum atomic E-state index is 13.2. The van der Waals surface area contributed by atoms with E-state index in [0.29, 0.717) is 39.3 Å². The highest BCUT2D eigenvalue weighted by Crippen LogP contribution is 2.24. The number of benzene rings is 1. The van der Waals surface area contributed by atoms with Gasteiger partial charge in [0.1, 0.15) is 5.75 Å². The number of rotatable bonds is 9. The summed E-state index contributed by atoms with van der Waals surface area (Å²) in [6, 6.07) is 17.4. The zero-order valence-corrected chi connectivity index (χ0v) is 20.8. The first-order valence-corrected chi connectivity index (χ1v) is 12.3. The first-order valence-electron chi connectivity index (χ1n) is 11.5. The van der Waals surface area contributed by atoms with E-state index in [-0.39, 0.29) is 17.9 Å². The Morgan fingerprint density at radius 2 is 2.03 bits per heavy atom. The van der Waals surface area contributed by atoms with Gasteiger partial charge >= 0.3 is 0 Å². The van der Waals surface area contributed by atoms with Crippen molar-refractivity contribution in [2.75, 3.05) is 32.1 Å². The topological polar surface area (TPSA) is 84.0 Å². The average molecular weight is 495 g/mol. The summed E-state index contributed by atoms with van der Waals surface area (Å²) < 4.78 is 11.7. The number of amides is 2. The molecule has 4 rings (SSSR count). The third-order valence-electron chi connectivity index (χ3n) is 5.64. The second-order valence-electron chi connectivity index (χ2n) is 8.50. The number of carbonyl (C=O) groups is 2. The van der Waals surface area contributed by atoms with Gasteiger partial charge in [0.05, 0.1) is 43.6 Å². The lowest BCUT2D eigenvalue weighted by Crippen LogP contribution is -2.37. The Morgan fingerprint density at radius 1 is 1.14 bits per heavy atom. The van der Waals surface area contributed by atoms with E-state index in [1.807, 2.05) is 59.5 Å². The van der Waals surface area contributed by atoms with E-state index in [2.05, 4.69) is 15.2 Å². The number of methoxy groups -OCH3 is 1. The lowest BCUT2D eigenvalue weighted by atomic mass is 10.2. The van der Waals surface area contributed by atoms with Crippen LogP contribution in [0.25, 0.3) is 0 Å². The van der Waals surface area contributed by atoms with E-state index < -0.39 is 0 Å². The van der Waals surface area contributed by atoms with Crippen LogP contribution in [0.2, 0.25) is 0 Å². The standard InChI is InChI=1S/C26H30N4O4S/c1-19(31)28-25-10-9-24(35-25)16-29-14-23(34-18-20-6-5-8-22(12-20)33-2)15-30(26(32)17-29)13-21-7-3-4-11-27-21/h3-12,23H,13-18H2,1-2H3,(H,28,31). The number of hydrogen-bond acceptors (Lipinski definition) is 7. The normalized spacial score (nSPS) is 16.7. The molecule has 3 aromatic rings. The van der Waals surface area contributed by atoms with E-state index in [1.165, 1.54) is 18.3 Å². The molecule has 9 heteroatoms. The molecule has 0 aliphatic carbocycles. The molecule has 0 bridgehead atoms. The van der Waals surface area contributed by atoms with E-state index in [9.17, 15) is 9.59 Å². The van der Waals surface area contributed by atoms with Crippen molar-refractivity contribution in [3.05, 3.63) is 76.9 Å². The Bertz CT molecular complexity index is 1140. The molecule has 184 valence electrons. The summed E-state index contributed by atoms with van der Waals surface area (Å²) in [7, 11) is 1.65. The molecule has 1 fully saturated rings. The van der Waals surface area contributed by atoms with Crippen LogP contribution in [0.1, 0.15) is 23.1 Å². The maximum Gasteiger partial charge on any atom is 0.237 e. The molecule has 8 nitrogen and oxygen atoms in total.